The van der Waals surface area contributed by atoms with Crippen LogP contribution in [0, 0.1) is 5.92 Å². The van der Waals surface area contributed by atoms with E-state index in [1.165, 1.54) is 6.07 Å². The number of nitrogen functional groups attached to an aromatic ring is 1. The molecule has 4 nitrogen and oxygen atoms in total. The molecule has 1 fully saturated rings. The van der Waals surface area contributed by atoms with Gasteiger partial charge in [0.25, 0.3) is 0 Å². The van der Waals surface area contributed by atoms with E-state index >= 15 is 0 Å². The van der Waals surface area contributed by atoms with Crippen LogP contribution in [0.5, 0.6) is 0 Å². The molecule has 2 unspecified atom stereocenters. The lowest BCUT2D eigenvalue weighted by Gasteiger charge is -2.37. The van der Waals surface area contributed by atoms with Crippen LogP contribution < -0.4 is 5.73 Å². The van der Waals surface area contributed by atoms with E-state index in [-0.39, 0.29) is 10.9 Å². The molecular formula is C13H19BrN2O2S. The van der Waals surface area contributed by atoms with Crippen LogP contribution in [-0.4, -0.2) is 25.3 Å². The van der Waals surface area contributed by atoms with E-state index in [0.29, 0.717) is 22.6 Å². The van der Waals surface area contributed by atoms with Crippen molar-refractivity contribution < 1.29 is 8.42 Å². The molecule has 1 heterocycles. The number of halogens is 1. The zero-order valence-electron chi connectivity index (χ0n) is 11.1. The Balaban J connectivity index is 2.44. The molecule has 2 N–H and O–H groups in total. The number of benzene rings is 1. The van der Waals surface area contributed by atoms with Crippen molar-refractivity contribution >= 4 is 31.6 Å². The Labute approximate surface area is 123 Å². The Morgan fingerprint density at radius 1 is 1.37 bits per heavy atom. The van der Waals surface area contributed by atoms with E-state index in [0.717, 1.165) is 12.8 Å². The van der Waals surface area contributed by atoms with Crippen LogP contribution >= 0.6 is 15.9 Å². The van der Waals surface area contributed by atoms with E-state index in [2.05, 4.69) is 22.9 Å². The predicted molar refractivity (Wildman–Crippen MR) is 80.3 cm³/mol. The lowest BCUT2D eigenvalue weighted by atomic mass is 9.94. The van der Waals surface area contributed by atoms with E-state index in [4.69, 9.17) is 5.73 Å². The van der Waals surface area contributed by atoms with Gasteiger partial charge in [0, 0.05) is 22.7 Å². The maximum absolute atomic E-state index is 12.8. The minimum atomic E-state index is -3.49. The van der Waals surface area contributed by atoms with Crippen molar-refractivity contribution in [3.8, 4) is 0 Å². The minimum Gasteiger partial charge on any atom is -0.399 e. The van der Waals surface area contributed by atoms with Crippen LogP contribution in [0.2, 0.25) is 0 Å². The summed E-state index contributed by atoms with van der Waals surface area (Å²) in [6, 6.07) is 4.91. The average Bonchev–Trinajstić information content (AvgIpc) is 2.35. The van der Waals surface area contributed by atoms with Crippen LogP contribution in [-0.2, 0) is 10.0 Å². The number of hydrogen-bond acceptors (Lipinski definition) is 3. The monoisotopic (exact) mass is 346 g/mol. The SMILES string of the molecule is CC1CCCN(S(=O)(=O)c2cc(N)ccc2Br)C1C. The zero-order chi connectivity index (χ0) is 14.2. The number of rotatable bonds is 2. The van der Waals surface area contributed by atoms with Gasteiger partial charge in [-0.1, -0.05) is 6.92 Å². The van der Waals surface area contributed by atoms with E-state index in [1.807, 2.05) is 6.92 Å². The largest absolute Gasteiger partial charge is 0.399 e. The van der Waals surface area contributed by atoms with E-state index in [1.54, 1.807) is 16.4 Å². The summed E-state index contributed by atoms with van der Waals surface area (Å²) in [4.78, 5) is 0.258. The Morgan fingerprint density at radius 3 is 2.74 bits per heavy atom. The van der Waals surface area contributed by atoms with Gasteiger partial charge in [-0.2, -0.15) is 4.31 Å². The summed E-state index contributed by atoms with van der Waals surface area (Å²) in [5.41, 5.74) is 6.17. The van der Waals surface area contributed by atoms with Crippen molar-refractivity contribution in [3.05, 3.63) is 22.7 Å². The Bertz CT molecular complexity index is 574. The Morgan fingerprint density at radius 2 is 2.05 bits per heavy atom. The summed E-state index contributed by atoms with van der Waals surface area (Å²) >= 11 is 3.31. The van der Waals surface area contributed by atoms with E-state index < -0.39 is 10.0 Å². The molecule has 1 aromatic rings. The molecule has 0 amide bonds. The van der Waals surface area contributed by atoms with Crippen LogP contribution in [0.4, 0.5) is 5.69 Å². The second-order valence-corrected chi connectivity index (χ2v) is 7.88. The highest BCUT2D eigenvalue weighted by molar-refractivity contribution is 9.10. The topological polar surface area (TPSA) is 63.4 Å². The molecular weight excluding hydrogens is 328 g/mol. The molecule has 2 rings (SSSR count). The first kappa shape index (κ1) is 14.8. The van der Waals surface area contributed by atoms with Crippen LogP contribution in [0.1, 0.15) is 26.7 Å². The molecule has 19 heavy (non-hydrogen) atoms. The summed E-state index contributed by atoms with van der Waals surface area (Å²) in [5.74, 6) is 0.378. The lowest BCUT2D eigenvalue weighted by Crippen LogP contribution is -2.45. The molecule has 106 valence electrons. The molecule has 0 aliphatic carbocycles. The summed E-state index contributed by atoms with van der Waals surface area (Å²) in [6.07, 6.45) is 1.98. The fourth-order valence-corrected chi connectivity index (χ4v) is 5.21. The van der Waals surface area contributed by atoms with Gasteiger partial charge in [-0.05, 0) is 59.8 Å². The zero-order valence-corrected chi connectivity index (χ0v) is 13.5. The first-order valence-corrected chi connectivity index (χ1v) is 8.64. The van der Waals surface area contributed by atoms with Crippen LogP contribution in [0.25, 0.3) is 0 Å². The standard InChI is InChI=1S/C13H19BrN2O2S/c1-9-4-3-7-16(10(9)2)19(17,18)13-8-11(15)5-6-12(13)14/h5-6,8-10H,3-4,7,15H2,1-2H3. The third kappa shape index (κ3) is 2.80. The van der Waals surface area contributed by atoms with Crippen molar-refractivity contribution in [2.75, 3.05) is 12.3 Å². The van der Waals surface area contributed by atoms with Gasteiger partial charge in [-0.3, -0.25) is 0 Å². The highest BCUT2D eigenvalue weighted by atomic mass is 79.9. The van der Waals surface area contributed by atoms with Crippen molar-refractivity contribution in [1.82, 2.24) is 4.31 Å². The fourth-order valence-electron chi connectivity index (χ4n) is 2.48. The normalized spacial score (nSPS) is 25.4. The molecule has 1 aliphatic rings. The Kier molecular flexibility index (Phi) is 4.23. The molecule has 0 spiro atoms. The molecule has 0 saturated carbocycles. The van der Waals surface area contributed by atoms with Crippen molar-refractivity contribution in [3.63, 3.8) is 0 Å². The van der Waals surface area contributed by atoms with Gasteiger partial charge in [0.05, 0.1) is 4.90 Å². The third-order valence-electron chi connectivity index (χ3n) is 3.86. The second kappa shape index (κ2) is 5.42. The summed E-state index contributed by atoms with van der Waals surface area (Å²) in [6.45, 7) is 4.65. The lowest BCUT2D eigenvalue weighted by molar-refractivity contribution is 0.202. The number of anilines is 1. The predicted octanol–water partition coefficient (Wildman–Crippen LogP) is 2.84. The smallest absolute Gasteiger partial charge is 0.244 e. The van der Waals surface area contributed by atoms with Crippen LogP contribution in [0.3, 0.4) is 0 Å². The van der Waals surface area contributed by atoms with Gasteiger partial charge in [0.2, 0.25) is 10.0 Å². The van der Waals surface area contributed by atoms with Gasteiger partial charge in [0.1, 0.15) is 0 Å². The molecule has 1 saturated heterocycles. The first-order valence-electron chi connectivity index (χ1n) is 6.41. The minimum absolute atomic E-state index is 0.0204. The first-order chi connectivity index (χ1) is 8.84. The quantitative estimate of drug-likeness (QED) is 0.837. The van der Waals surface area contributed by atoms with Gasteiger partial charge in [-0.25, -0.2) is 8.42 Å². The van der Waals surface area contributed by atoms with Gasteiger partial charge in [-0.15, -0.1) is 0 Å². The second-order valence-electron chi connectivity index (χ2n) is 5.17. The number of nitrogens with zero attached hydrogens (tertiary/aromatic N) is 1. The van der Waals surface area contributed by atoms with Crippen molar-refractivity contribution in [2.45, 2.75) is 37.6 Å². The average molecular weight is 347 g/mol. The summed E-state index contributed by atoms with van der Waals surface area (Å²) < 4.78 is 27.7. The van der Waals surface area contributed by atoms with Gasteiger partial charge < -0.3 is 5.73 Å². The molecule has 0 bridgehead atoms. The fraction of sp³-hybridized carbons (Fsp3) is 0.538. The van der Waals surface area contributed by atoms with Gasteiger partial charge >= 0.3 is 0 Å². The highest BCUT2D eigenvalue weighted by Gasteiger charge is 2.35. The van der Waals surface area contributed by atoms with Crippen LogP contribution in [0.15, 0.2) is 27.6 Å². The van der Waals surface area contributed by atoms with E-state index in [9.17, 15) is 8.42 Å². The molecule has 1 aliphatic heterocycles. The summed E-state index contributed by atoms with van der Waals surface area (Å²) in [5, 5.41) is 0. The number of piperidine rings is 1. The maximum atomic E-state index is 12.8. The highest BCUT2D eigenvalue weighted by Crippen LogP contribution is 2.32. The number of nitrogens with two attached hydrogens (primary N) is 1. The maximum Gasteiger partial charge on any atom is 0.244 e. The summed E-state index contributed by atoms with van der Waals surface area (Å²) in [7, 11) is -3.49. The molecule has 0 aromatic heterocycles. The number of sulfonamides is 1. The molecule has 0 radical (unpaired) electrons. The Hall–Kier alpha value is -0.590. The molecule has 1 aromatic carbocycles. The van der Waals surface area contributed by atoms with Gasteiger partial charge in [0.15, 0.2) is 0 Å². The number of hydrogen-bond donors (Lipinski definition) is 1. The van der Waals surface area contributed by atoms with Crippen molar-refractivity contribution in [1.29, 1.82) is 0 Å². The van der Waals surface area contributed by atoms with Crippen molar-refractivity contribution in [2.24, 2.45) is 5.92 Å². The molecule has 2 atom stereocenters. The molecule has 6 heteroatoms. The third-order valence-corrected chi connectivity index (χ3v) is 6.84.